The number of carbonyl (C=O) groups excluding carboxylic acids is 1. The van der Waals surface area contributed by atoms with Crippen LogP contribution in [0.1, 0.15) is 25.0 Å². The van der Waals surface area contributed by atoms with Crippen LogP contribution < -0.4 is 5.32 Å². The first-order valence-corrected chi connectivity index (χ1v) is 9.70. The molecule has 0 fully saturated rings. The van der Waals surface area contributed by atoms with Gasteiger partial charge in [-0.15, -0.1) is 0 Å². The van der Waals surface area contributed by atoms with Crippen molar-refractivity contribution in [1.82, 2.24) is 5.32 Å². The second-order valence-electron chi connectivity index (χ2n) is 7.76. The fourth-order valence-corrected chi connectivity index (χ4v) is 3.27. The summed E-state index contributed by atoms with van der Waals surface area (Å²) in [6.45, 7) is 3.97. The lowest BCUT2D eigenvalue weighted by molar-refractivity contribution is -0.127. The van der Waals surface area contributed by atoms with Gasteiger partial charge in [0.05, 0.1) is 18.7 Å². The first-order valence-electron chi connectivity index (χ1n) is 9.70. The number of rotatable bonds is 8. The number of hydrogen-bond donors (Lipinski definition) is 2. The topological polar surface area (TPSA) is 70.9 Å². The number of aliphatic hydroxyl groups excluding tert-OH is 1. The van der Waals surface area contributed by atoms with Crippen molar-refractivity contribution >= 4 is 11.8 Å². The Morgan fingerprint density at radius 3 is 2.36 bits per heavy atom. The average Bonchev–Trinajstić information content (AvgIpc) is 3.18. The maximum absolute atomic E-state index is 12.9. The van der Waals surface area contributed by atoms with Crippen LogP contribution in [0.2, 0.25) is 0 Å². The SMILES string of the molecule is CC(C)(C(=O)N[C@H](CO)Cc1ccccc1)C1=N[C@@H](Cc2ccccc2)CO1. The predicted octanol–water partition coefficient (Wildman–Crippen LogP) is 2.77. The van der Waals surface area contributed by atoms with Crippen LogP contribution in [-0.4, -0.2) is 42.2 Å². The van der Waals surface area contributed by atoms with Gasteiger partial charge in [-0.25, -0.2) is 4.99 Å². The van der Waals surface area contributed by atoms with E-state index in [9.17, 15) is 9.90 Å². The van der Waals surface area contributed by atoms with Gasteiger partial charge in [0.1, 0.15) is 12.0 Å². The van der Waals surface area contributed by atoms with E-state index in [1.54, 1.807) is 0 Å². The zero-order valence-electron chi connectivity index (χ0n) is 16.5. The Morgan fingerprint density at radius 2 is 1.75 bits per heavy atom. The first kappa shape index (κ1) is 20.1. The van der Waals surface area contributed by atoms with Gasteiger partial charge in [-0.1, -0.05) is 60.7 Å². The molecule has 2 aromatic carbocycles. The van der Waals surface area contributed by atoms with E-state index in [2.05, 4.69) is 22.4 Å². The summed E-state index contributed by atoms with van der Waals surface area (Å²) >= 11 is 0. The number of carbonyl (C=O) groups is 1. The maximum atomic E-state index is 12.9. The van der Waals surface area contributed by atoms with Gasteiger partial charge in [-0.3, -0.25) is 4.79 Å². The molecule has 2 atom stereocenters. The minimum atomic E-state index is -0.893. The molecule has 2 N–H and O–H groups in total. The Labute approximate surface area is 166 Å². The van der Waals surface area contributed by atoms with Crippen molar-refractivity contribution in [3.63, 3.8) is 0 Å². The molecule has 1 heterocycles. The maximum Gasteiger partial charge on any atom is 0.235 e. The molecule has 5 nitrogen and oxygen atoms in total. The summed E-state index contributed by atoms with van der Waals surface area (Å²) in [5.41, 5.74) is 1.37. The van der Waals surface area contributed by atoms with E-state index in [1.165, 1.54) is 5.56 Å². The molecule has 0 aliphatic carbocycles. The fourth-order valence-electron chi connectivity index (χ4n) is 3.27. The molecular weight excluding hydrogens is 352 g/mol. The van der Waals surface area contributed by atoms with Crippen LogP contribution in [0.15, 0.2) is 65.7 Å². The molecule has 0 saturated carbocycles. The quantitative estimate of drug-likeness (QED) is 0.740. The van der Waals surface area contributed by atoms with Crippen LogP contribution in [-0.2, 0) is 22.4 Å². The zero-order chi connectivity index (χ0) is 20.0. The highest BCUT2D eigenvalue weighted by Crippen LogP contribution is 2.25. The third-order valence-electron chi connectivity index (χ3n) is 5.01. The number of aliphatic hydroxyl groups is 1. The summed E-state index contributed by atoms with van der Waals surface area (Å²) in [4.78, 5) is 17.6. The van der Waals surface area contributed by atoms with Crippen LogP contribution in [0.5, 0.6) is 0 Å². The molecule has 0 spiro atoms. The summed E-state index contributed by atoms with van der Waals surface area (Å²) in [6.07, 6.45) is 1.36. The van der Waals surface area contributed by atoms with Crippen LogP contribution in [0.3, 0.4) is 0 Å². The molecule has 0 bridgehead atoms. The van der Waals surface area contributed by atoms with Gasteiger partial charge in [0, 0.05) is 0 Å². The van der Waals surface area contributed by atoms with Gasteiger partial charge in [-0.05, 0) is 37.8 Å². The summed E-state index contributed by atoms with van der Waals surface area (Å²) in [5.74, 6) is 0.268. The molecule has 0 unspecified atom stereocenters. The van der Waals surface area contributed by atoms with Crippen molar-refractivity contribution in [2.45, 2.75) is 38.8 Å². The Morgan fingerprint density at radius 1 is 1.14 bits per heavy atom. The molecule has 2 aromatic rings. The van der Waals surface area contributed by atoms with Gasteiger partial charge < -0.3 is 15.2 Å². The highest BCUT2D eigenvalue weighted by molar-refractivity contribution is 6.04. The van der Waals surface area contributed by atoms with E-state index in [1.807, 2.05) is 62.4 Å². The summed E-state index contributed by atoms with van der Waals surface area (Å²) < 4.78 is 5.78. The normalized spacial score (nSPS) is 17.5. The van der Waals surface area contributed by atoms with E-state index >= 15 is 0 Å². The Kier molecular flexibility index (Phi) is 6.47. The van der Waals surface area contributed by atoms with Gasteiger partial charge >= 0.3 is 0 Å². The standard InChI is InChI=1S/C23H28N2O3/c1-23(2,21(27)24-19(15-26)13-17-9-5-3-6-10-17)22-25-20(16-28-22)14-18-11-7-4-8-12-18/h3-12,19-20,26H,13-16H2,1-2H3,(H,24,27)/t19-,20-/m0/s1. The predicted molar refractivity (Wildman–Crippen MR) is 110 cm³/mol. The highest BCUT2D eigenvalue weighted by atomic mass is 16.5. The lowest BCUT2D eigenvalue weighted by Crippen LogP contribution is -2.48. The fraction of sp³-hybridized carbons (Fsp3) is 0.391. The molecule has 1 aliphatic rings. The van der Waals surface area contributed by atoms with E-state index in [4.69, 9.17) is 4.74 Å². The molecular formula is C23H28N2O3. The molecule has 148 valence electrons. The van der Waals surface area contributed by atoms with Crippen molar-refractivity contribution in [3.05, 3.63) is 71.8 Å². The monoisotopic (exact) mass is 380 g/mol. The minimum Gasteiger partial charge on any atom is -0.478 e. The smallest absolute Gasteiger partial charge is 0.235 e. The Balaban J connectivity index is 1.62. The van der Waals surface area contributed by atoms with Gasteiger partial charge in [0.25, 0.3) is 0 Å². The minimum absolute atomic E-state index is 0.0161. The zero-order valence-corrected chi connectivity index (χ0v) is 16.5. The molecule has 0 aromatic heterocycles. The number of benzene rings is 2. The molecule has 1 aliphatic heterocycles. The Bertz CT molecular complexity index is 803. The second kappa shape index (κ2) is 9.02. The average molecular weight is 380 g/mol. The molecule has 0 radical (unpaired) electrons. The number of ether oxygens (including phenoxy) is 1. The van der Waals surface area contributed by atoms with Gasteiger partial charge in [-0.2, -0.15) is 0 Å². The number of hydrogen-bond acceptors (Lipinski definition) is 4. The first-order chi connectivity index (χ1) is 13.5. The number of amides is 1. The Hall–Kier alpha value is -2.66. The van der Waals surface area contributed by atoms with Crippen LogP contribution in [0.25, 0.3) is 0 Å². The van der Waals surface area contributed by atoms with E-state index in [0.29, 0.717) is 18.9 Å². The third kappa shape index (κ3) is 4.98. The summed E-state index contributed by atoms with van der Waals surface area (Å²) in [5, 5.41) is 12.6. The van der Waals surface area contributed by atoms with Gasteiger partial charge in [0.15, 0.2) is 5.90 Å². The lowest BCUT2D eigenvalue weighted by Gasteiger charge is -2.26. The largest absolute Gasteiger partial charge is 0.478 e. The van der Waals surface area contributed by atoms with Crippen molar-refractivity contribution in [1.29, 1.82) is 0 Å². The third-order valence-corrected chi connectivity index (χ3v) is 5.01. The molecule has 3 rings (SSSR count). The summed E-state index contributed by atoms with van der Waals surface area (Å²) in [7, 11) is 0. The summed E-state index contributed by atoms with van der Waals surface area (Å²) in [6, 6.07) is 19.6. The van der Waals surface area contributed by atoms with E-state index in [-0.39, 0.29) is 24.6 Å². The second-order valence-corrected chi connectivity index (χ2v) is 7.76. The molecule has 28 heavy (non-hydrogen) atoms. The number of aliphatic imine (C=N–C) groups is 1. The van der Waals surface area contributed by atoms with Crippen LogP contribution in [0, 0.1) is 5.41 Å². The van der Waals surface area contributed by atoms with E-state index < -0.39 is 5.41 Å². The van der Waals surface area contributed by atoms with E-state index in [0.717, 1.165) is 12.0 Å². The highest BCUT2D eigenvalue weighted by Gasteiger charge is 2.39. The van der Waals surface area contributed by atoms with Crippen molar-refractivity contribution in [2.75, 3.05) is 13.2 Å². The van der Waals surface area contributed by atoms with Crippen LogP contribution >= 0.6 is 0 Å². The molecule has 5 heteroatoms. The van der Waals surface area contributed by atoms with Crippen LogP contribution in [0.4, 0.5) is 0 Å². The van der Waals surface area contributed by atoms with Crippen molar-refractivity contribution in [2.24, 2.45) is 10.4 Å². The molecule has 0 saturated heterocycles. The van der Waals surface area contributed by atoms with Crippen molar-refractivity contribution < 1.29 is 14.6 Å². The van der Waals surface area contributed by atoms with Gasteiger partial charge in [0.2, 0.25) is 5.91 Å². The lowest BCUT2D eigenvalue weighted by atomic mass is 9.91. The van der Waals surface area contributed by atoms with Crippen molar-refractivity contribution in [3.8, 4) is 0 Å². The molecule has 1 amide bonds. The number of nitrogens with one attached hydrogen (secondary N) is 1. The number of nitrogens with zero attached hydrogens (tertiary/aromatic N) is 1.